The van der Waals surface area contributed by atoms with Crippen LogP contribution in [0.25, 0.3) is 22.2 Å². The van der Waals surface area contributed by atoms with Gasteiger partial charge in [-0.05, 0) is 47.6 Å². The Morgan fingerprint density at radius 3 is 2.32 bits per heavy atom. The molecule has 4 aromatic rings. The molecule has 1 saturated carbocycles. The zero-order chi connectivity index (χ0) is 26.2. The van der Waals surface area contributed by atoms with Crippen molar-refractivity contribution in [1.82, 2.24) is 15.3 Å². The molecule has 7 nitrogen and oxygen atoms in total. The second-order valence-corrected chi connectivity index (χ2v) is 12.4. The quantitative estimate of drug-likeness (QED) is 0.292. The SMILES string of the molecule is CC(C)(C)c1ccc(S(=O)(=O)Nc2cnc3[nH]c(C(=O)NC4CCCC4)c(-c4ccccc4)c3c2)cc1. The van der Waals surface area contributed by atoms with Gasteiger partial charge >= 0.3 is 0 Å². The molecule has 8 heteroatoms. The molecule has 5 rings (SSSR count). The minimum atomic E-state index is -3.83. The van der Waals surface area contributed by atoms with E-state index in [1.807, 2.05) is 42.5 Å². The minimum Gasteiger partial charge on any atom is -0.348 e. The van der Waals surface area contributed by atoms with Gasteiger partial charge in [-0.1, -0.05) is 76.1 Å². The van der Waals surface area contributed by atoms with E-state index in [-0.39, 0.29) is 22.3 Å². The fourth-order valence-corrected chi connectivity index (χ4v) is 5.91. The van der Waals surface area contributed by atoms with Crippen LogP contribution in [0.4, 0.5) is 5.69 Å². The number of aromatic amines is 1. The third kappa shape index (κ3) is 5.25. The lowest BCUT2D eigenvalue weighted by atomic mass is 9.87. The zero-order valence-corrected chi connectivity index (χ0v) is 22.2. The molecule has 37 heavy (non-hydrogen) atoms. The number of carbonyl (C=O) groups is 1. The number of H-pyrrole nitrogens is 1. The van der Waals surface area contributed by atoms with Crippen LogP contribution in [0.3, 0.4) is 0 Å². The van der Waals surface area contributed by atoms with Gasteiger partial charge in [-0.15, -0.1) is 0 Å². The topological polar surface area (TPSA) is 104 Å². The molecule has 3 N–H and O–H groups in total. The summed E-state index contributed by atoms with van der Waals surface area (Å²) in [4.78, 5) is 21.1. The van der Waals surface area contributed by atoms with Crippen molar-refractivity contribution in [2.45, 2.75) is 62.8 Å². The average Bonchev–Trinajstić information content (AvgIpc) is 3.51. The van der Waals surface area contributed by atoms with E-state index in [0.29, 0.717) is 28.0 Å². The lowest BCUT2D eigenvalue weighted by Crippen LogP contribution is -2.33. The molecule has 1 amide bonds. The number of anilines is 1. The van der Waals surface area contributed by atoms with Gasteiger partial charge in [0, 0.05) is 17.0 Å². The molecule has 2 heterocycles. The minimum absolute atomic E-state index is 0.0748. The van der Waals surface area contributed by atoms with Gasteiger partial charge in [0.05, 0.1) is 16.8 Å². The Kier molecular flexibility index (Phi) is 6.54. The molecule has 0 aliphatic heterocycles. The molecular weight excluding hydrogens is 484 g/mol. The van der Waals surface area contributed by atoms with Crippen LogP contribution in [0.15, 0.2) is 71.8 Å². The number of aromatic nitrogens is 2. The maximum atomic E-state index is 13.3. The van der Waals surface area contributed by atoms with Gasteiger partial charge in [0.2, 0.25) is 0 Å². The Morgan fingerprint density at radius 1 is 1.00 bits per heavy atom. The largest absolute Gasteiger partial charge is 0.348 e. The van der Waals surface area contributed by atoms with Gasteiger partial charge < -0.3 is 10.3 Å². The van der Waals surface area contributed by atoms with Crippen molar-refractivity contribution in [2.24, 2.45) is 0 Å². The molecule has 0 bridgehead atoms. The first-order valence-electron chi connectivity index (χ1n) is 12.6. The summed E-state index contributed by atoms with van der Waals surface area (Å²) in [7, 11) is -3.83. The first-order chi connectivity index (χ1) is 17.6. The molecule has 0 saturated heterocycles. The summed E-state index contributed by atoms with van der Waals surface area (Å²) in [6, 6.07) is 18.4. The molecule has 0 spiro atoms. The number of nitrogens with zero attached hydrogens (tertiary/aromatic N) is 1. The molecule has 192 valence electrons. The predicted molar refractivity (Wildman–Crippen MR) is 147 cm³/mol. The van der Waals surface area contributed by atoms with Gasteiger partial charge in [0.1, 0.15) is 11.3 Å². The van der Waals surface area contributed by atoms with E-state index in [1.54, 1.807) is 18.2 Å². The molecule has 1 aliphatic rings. The number of carbonyl (C=O) groups excluding carboxylic acids is 1. The molecule has 1 fully saturated rings. The Morgan fingerprint density at radius 2 is 1.68 bits per heavy atom. The number of sulfonamides is 1. The van der Waals surface area contributed by atoms with Crippen LogP contribution in [0.1, 0.15) is 62.5 Å². The van der Waals surface area contributed by atoms with E-state index >= 15 is 0 Å². The van der Waals surface area contributed by atoms with Crippen LogP contribution in [0, 0.1) is 0 Å². The third-order valence-corrected chi connectivity index (χ3v) is 8.31. The van der Waals surface area contributed by atoms with Crippen LogP contribution >= 0.6 is 0 Å². The van der Waals surface area contributed by atoms with Crippen LogP contribution in [-0.2, 0) is 15.4 Å². The van der Waals surface area contributed by atoms with Crippen molar-refractivity contribution in [1.29, 1.82) is 0 Å². The van der Waals surface area contributed by atoms with Crippen LogP contribution < -0.4 is 10.0 Å². The van der Waals surface area contributed by atoms with E-state index in [4.69, 9.17) is 0 Å². The number of benzene rings is 2. The first kappa shape index (κ1) is 25.0. The standard InChI is InChI=1S/C29H32N4O3S/c1-29(2,3)20-13-15-23(16-14-20)37(35,36)33-22-17-24-25(19-9-5-4-6-10-19)26(32-27(24)30-18-22)28(34)31-21-11-7-8-12-21/h4-6,9-10,13-18,21,33H,7-8,11-12H2,1-3H3,(H,30,32)(H,31,34). The number of hydrogen-bond acceptors (Lipinski definition) is 4. The molecule has 2 aromatic carbocycles. The van der Waals surface area contributed by atoms with Crippen molar-refractivity contribution in [2.75, 3.05) is 4.72 Å². The second-order valence-electron chi connectivity index (χ2n) is 10.7. The van der Waals surface area contributed by atoms with E-state index in [0.717, 1.165) is 36.8 Å². The highest BCUT2D eigenvalue weighted by atomic mass is 32.2. The van der Waals surface area contributed by atoms with E-state index in [2.05, 4.69) is 40.8 Å². The highest BCUT2D eigenvalue weighted by Crippen LogP contribution is 2.34. The maximum Gasteiger partial charge on any atom is 0.268 e. The molecular formula is C29H32N4O3S. The van der Waals surface area contributed by atoms with E-state index < -0.39 is 10.0 Å². The van der Waals surface area contributed by atoms with Crippen LogP contribution in [0.5, 0.6) is 0 Å². The monoisotopic (exact) mass is 516 g/mol. The molecule has 0 unspecified atom stereocenters. The Balaban J connectivity index is 1.51. The summed E-state index contributed by atoms with van der Waals surface area (Å²) >= 11 is 0. The number of pyridine rings is 1. The highest BCUT2D eigenvalue weighted by molar-refractivity contribution is 7.92. The Bertz CT molecular complexity index is 1530. The van der Waals surface area contributed by atoms with Gasteiger partial charge in [-0.2, -0.15) is 0 Å². The zero-order valence-electron chi connectivity index (χ0n) is 21.3. The third-order valence-electron chi connectivity index (χ3n) is 6.91. The summed E-state index contributed by atoms with van der Waals surface area (Å²) in [5.41, 5.74) is 3.81. The molecule has 2 aromatic heterocycles. The van der Waals surface area contributed by atoms with Gasteiger partial charge in [-0.3, -0.25) is 9.52 Å². The van der Waals surface area contributed by atoms with E-state index in [9.17, 15) is 13.2 Å². The number of hydrogen-bond donors (Lipinski definition) is 3. The fraction of sp³-hybridized carbons (Fsp3) is 0.310. The van der Waals surface area contributed by atoms with Crippen molar-refractivity contribution in [3.8, 4) is 11.1 Å². The molecule has 1 aliphatic carbocycles. The van der Waals surface area contributed by atoms with Gasteiger partial charge in [-0.25, -0.2) is 13.4 Å². The van der Waals surface area contributed by atoms with Crippen LogP contribution in [-0.4, -0.2) is 30.3 Å². The van der Waals surface area contributed by atoms with Gasteiger partial charge in [0.25, 0.3) is 15.9 Å². The van der Waals surface area contributed by atoms with Crippen molar-refractivity contribution >= 4 is 32.7 Å². The van der Waals surface area contributed by atoms with Gasteiger partial charge in [0.15, 0.2) is 0 Å². The Hall–Kier alpha value is -3.65. The number of fused-ring (bicyclic) bond motifs is 1. The summed E-state index contributed by atoms with van der Waals surface area (Å²) in [6.07, 6.45) is 5.66. The van der Waals surface area contributed by atoms with Crippen LogP contribution in [0.2, 0.25) is 0 Å². The lowest BCUT2D eigenvalue weighted by Gasteiger charge is -2.19. The summed E-state index contributed by atoms with van der Waals surface area (Å²) in [6.45, 7) is 6.25. The maximum absolute atomic E-state index is 13.3. The summed E-state index contributed by atoms with van der Waals surface area (Å²) in [5.74, 6) is -0.176. The smallest absolute Gasteiger partial charge is 0.268 e. The van der Waals surface area contributed by atoms with Crippen molar-refractivity contribution in [3.05, 3.63) is 78.1 Å². The normalized spacial score (nSPS) is 14.7. The van der Waals surface area contributed by atoms with Crippen molar-refractivity contribution < 1.29 is 13.2 Å². The number of amides is 1. The van der Waals surface area contributed by atoms with Crippen molar-refractivity contribution in [3.63, 3.8) is 0 Å². The number of rotatable bonds is 6. The molecule has 0 atom stereocenters. The second kappa shape index (κ2) is 9.67. The first-order valence-corrected chi connectivity index (χ1v) is 14.1. The predicted octanol–water partition coefficient (Wildman–Crippen LogP) is 6.00. The lowest BCUT2D eigenvalue weighted by molar-refractivity contribution is 0.0934. The summed E-state index contributed by atoms with van der Waals surface area (Å²) in [5, 5.41) is 3.82. The van der Waals surface area contributed by atoms with E-state index in [1.165, 1.54) is 6.20 Å². The summed E-state index contributed by atoms with van der Waals surface area (Å²) < 4.78 is 29.0. The average molecular weight is 517 g/mol. The highest BCUT2D eigenvalue weighted by Gasteiger charge is 2.25. The Labute approximate surface area is 217 Å². The molecule has 0 radical (unpaired) electrons. The fourth-order valence-electron chi connectivity index (χ4n) is 4.88. The number of nitrogens with one attached hydrogen (secondary N) is 3.